The Hall–Kier alpha value is -5.09. The lowest BCUT2D eigenvalue weighted by molar-refractivity contribution is -0.137. The highest BCUT2D eigenvalue weighted by Crippen LogP contribution is 2.43. The van der Waals surface area contributed by atoms with Crippen LogP contribution in [0.2, 0.25) is 0 Å². The maximum Gasteiger partial charge on any atom is 0.416 e. The van der Waals surface area contributed by atoms with E-state index in [0.29, 0.717) is 23.8 Å². The largest absolute Gasteiger partial charge is 0.465 e. The molecule has 2 aromatic carbocycles. The van der Waals surface area contributed by atoms with Crippen molar-refractivity contribution in [2.24, 2.45) is 0 Å². The van der Waals surface area contributed by atoms with Gasteiger partial charge in [-0.2, -0.15) is 23.7 Å². The molecule has 1 fully saturated rings. The molecule has 12 nitrogen and oxygen atoms in total. The zero-order valence-corrected chi connectivity index (χ0v) is 27.6. The standard InChI is InChI=1S/C32H33F3N6O6S/c1-19-25(17-37)27(24-12-11-20(16-36)14-26(24)48(5,46)47)40(29(43)39(19)22-9-6-8-21(15-22)32(33,34)35)28(42)38-13-7-10-23(18-38)41(30(44)45)31(2,3)4/h6,8-9,11-12,14-15,23,27H,7,10,13,18H2,1-5H3,(H,44,45)/t23-,27-/m1/s1. The number of carbonyl (C=O) groups is 3. The van der Waals surface area contributed by atoms with E-state index in [2.05, 4.69) is 0 Å². The topological polar surface area (TPSA) is 166 Å². The number of rotatable bonds is 4. The van der Waals surface area contributed by atoms with Crippen LogP contribution >= 0.6 is 0 Å². The smallest absolute Gasteiger partial charge is 0.416 e. The van der Waals surface area contributed by atoms with Crippen molar-refractivity contribution in [3.05, 3.63) is 70.4 Å². The molecule has 2 aromatic rings. The molecule has 0 spiro atoms. The van der Waals surface area contributed by atoms with Crippen LogP contribution in [0.4, 0.5) is 33.2 Å². The van der Waals surface area contributed by atoms with Crippen molar-refractivity contribution in [3.8, 4) is 12.1 Å². The molecule has 5 amide bonds. The van der Waals surface area contributed by atoms with Crippen molar-refractivity contribution in [3.63, 3.8) is 0 Å². The van der Waals surface area contributed by atoms with Crippen molar-refractivity contribution < 1.29 is 41.1 Å². The van der Waals surface area contributed by atoms with Gasteiger partial charge in [0.15, 0.2) is 9.84 Å². The van der Waals surface area contributed by atoms with Crippen LogP contribution < -0.4 is 4.90 Å². The highest BCUT2D eigenvalue weighted by atomic mass is 32.2. The SMILES string of the molecule is CC1=C(C#N)[C@@H](c2ccc(C#N)cc2S(C)(=O)=O)N(C(=O)N2CCC[C@@H](N(C(=O)O)C(C)(C)C)C2)C(=O)N1c1cccc(C(F)(F)F)c1. The second kappa shape index (κ2) is 12.8. The van der Waals surface area contributed by atoms with Gasteiger partial charge < -0.3 is 10.0 Å². The summed E-state index contributed by atoms with van der Waals surface area (Å²) in [6, 6.07) is 6.45. The highest BCUT2D eigenvalue weighted by molar-refractivity contribution is 7.90. The van der Waals surface area contributed by atoms with E-state index in [1.807, 2.05) is 12.1 Å². The zero-order valence-electron chi connectivity index (χ0n) is 26.7. The normalized spacial score (nSPS) is 19.1. The number of anilines is 1. The quantitative estimate of drug-likeness (QED) is 0.401. The Morgan fingerprint density at radius 2 is 1.73 bits per heavy atom. The Labute approximate surface area is 275 Å². The van der Waals surface area contributed by atoms with Gasteiger partial charge in [-0.15, -0.1) is 0 Å². The number of sulfone groups is 1. The van der Waals surface area contributed by atoms with Crippen LogP contribution in [0.25, 0.3) is 0 Å². The van der Waals surface area contributed by atoms with Crippen molar-refractivity contribution in [2.45, 2.75) is 69.2 Å². The minimum atomic E-state index is -4.79. The number of hydrogen-bond donors (Lipinski definition) is 1. The van der Waals surface area contributed by atoms with Gasteiger partial charge in [0.25, 0.3) is 0 Å². The Kier molecular flexibility index (Phi) is 9.57. The first-order chi connectivity index (χ1) is 22.2. The Morgan fingerprint density at radius 1 is 1.06 bits per heavy atom. The van der Waals surface area contributed by atoms with Crippen LogP contribution in [-0.4, -0.2) is 77.3 Å². The molecule has 0 bridgehead atoms. The van der Waals surface area contributed by atoms with Gasteiger partial charge in [-0.25, -0.2) is 27.7 Å². The molecule has 0 radical (unpaired) electrons. The zero-order chi connectivity index (χ0) is 35.9. The van der Waals surface area contributed by atoms with Gasteiger partial charge in [0, 0.05) is 30.6 Å². The molecule has 1 N–H and O–H groups in total. The van der Waals surface area contributed by atoms with Gasteiger partial charge in [-0.1, -0.05) is 12.1 Å². The fourth-order valence-electron chi connectivity index (χ4n) is 6.20. The summed E-state index contributed by atoms with van der Waals surface area (Å²) >= 11 is 0. The predicted octanol–water partition coefficient (Wildman–Crippen LogP) is 6.12. The third-order valence-electron chi connectivity index (χ3n) is 8.21. The van der Waals surface area contributed by atoms with E-state index in [9.17, 15) is 51.6 Å². The Morgan fingerprint density at radius 3 is 2.27 bits per heavy atom. The number of carboxylic acid groups (broad SMARTS) is 1. The molecule has 48 heavy (non-hydrogen) atoms. The number of imide groups is 1. The van der Waals surface area contributed by atoms with E-state index in [4.69, 9.17) is 0 Å². The summed E-state index contributed by atoms with van der Waals surface area (Å²) in [5, 5.41) is 29.9. The lowest BCUT2D eigenvalue weighted by Gasteiger charge is -2.46. The summed E-state index contributed by atoms with van der Waals surface area (Å²) in [4.78, 5) is 44.6. The summed E-state index contributed by atoms with van der Waals surface area (Å²) in [7, 11) is -4.15. The van der Waals surface area contributed by atoms with E-state index in [1.165, 1.54) is 34.9 Å². The van der Waals surface area contributed by atoms with Gasteiger partial charge in [-0.3, -0.25) is 9.80 Å². The van der Waals surface area contributed by atoms with Gasteiger partial charge in [-0.05, 0) is 76.4 Å². The molecule has 0 unspecified atom stereocenters. The van der Waals surface area contributed by atoms with E-state index < -0.39 is 62.3 Å². The number of alkyl halides is 3. The second-order valence-corrected chi connectivity index (χ2v) is 14.5. The molecule has 0 saturated carbocycles. The number of benzene rings is 2. The van der Waals surface area contributed by atoms with E-state index in [-0.39, 0.29) is 41.2 Å². The molecular weight excluding hydrogens is 653 g/mol. The molecule has 16 heteroatoms. The number of urea groups is 2. The maximum atomic E-state index is 14.5. The number of nitrogens with zero attached hydrogens (tertiary/aromatic N) is 6. The third-order valence-corrected chi connectivity index (χ3v) is 9.36. The number of nitriles is 2. The number of halogens is 3. The average Bonchev–Trinajstić information content (AvgIpc) is 2.99. The third kappa shape index (κ3) is 6.80. The number of hydrogen-bond acceptors (Lipinski definition) is 7. The Bertz CT molecular complexity index is 1890. The maximum absolute atomic E-state index is 14.5. The van der Waals surface area contributed by atoms with Crippen LogP contribution in [0.15, 0.2) is 58.6 Å². The van der Waals surface area contributed by atoms with Crippen LogP contribution in [0.5, 0.6) is 0 Å². The first kappa shape index (κ1) is 35.8. The first-order valence-corrected chi connectivity index (χ1v) is 16.6. The molecule has 4 rings (SSSR count). The minimum absolute atomic E-state index is 0.0567. The van der Waals surface area contributed by atoms with E-state index in [1.54, 1.807) is 20.8 Å². The van der Waals surface area contributed by atoms with Crippen LogP contribution in [0, 0.1) is 22.7 Å². The average molecular weight is 687 g/mol. The fourth-order valence-corrected chi connectivity index (χ4v) is 7.15. The van der Waals surface area contributed by atoms with Crippen molar-refractivity contribution in [2.75, 3.05) is 24.2 Å². The summed E-state index contributed by atoms with van der Waals surface area (Å²) in [6.45, 7) is 6.24. The summed E-state index contributed by atoms with van der Waals surface area (Å²) in [5.74, 6) is 0. The molecule has 0 aromatic heterocycles. The fraction of sp³-hybridized carbons (Fsp3) is 0.406. The second-order valence-electron chi connectivity index (χ2n) is 12.5. The van der Waals surface area contributed by atoms with Gasteiger partial charge >= 0.3 is 24.3 Å². The van der Waals surface area contributed by atoms with Crippen molar-refractivity contribution in [1.82, 2.24) is 14.7 Å². The van der Waals surface area contributed by atoms with Gasteiger partial charge in [0.1, 0.15) is 6.04 Å². The van der Waals surface area contributed by atoms with Crippen LogP contribution in [0.3, 0.4) is 0 Å². The monoisotopic (exact) mass is 686 g/mol. The van der Waals surface area contributed by atoms with Crippen molar-refractivity contribution >= 4 is 33.7 Å². The minimum Gasteiger partial charge on any atom is -0.465 e. The van der Waals surface area contributed by atoms with Crippen LogP contribution in [-0.2, 0) is 16.0 Å². The number of piperidine rings is 1. The van der Waals surface area contributed by atoms with Gasteiger partial charge in [0.05, 0.1) is 45.5 Å². The van der Waals surface area contributed by atoms with E-state index >= 15 is 0 Å². The Balaban J connectivity index is 1.97. The lowest BCUT2D eigenvalue weighted by Crippen LogP contribution is -2.61. The summed E-state index contributed by atoms with van der Waals surface area (Å²) in [5.41, 5.74) is -2.98. The molecule has 1 saturated heterocycles. The number of allylic oxidation sites excluding steroid dienone is 1. The molecular formula is C32H33F3N6O6S. The predicted molar refractivity (Wildman–Crippen MR) is 166 cm³/mol. The van der Waals surface area contributed by atoms with E-state index in [0.717, 1.165) is 29.4 Å². The highest BCUT2D eigenvalue weighted by Gasteiger charge is 2.48. The number of amides is 5. The van der Waals surface area contributed by atoms with Crippen molar-refractivity contribution in [1.29, 1.82) is 10.5 Å². The molecule has 254 valence electrons. The summed E-state index contributed by atoms with van der Waals surface area (Å²) in [6.07, 6.45) is -4.46. The number of carbonyl (C=O) groups excluding carboxylic acids is 2. The molecule has 0 aliphatic carbocycles. The molecule has 2 heterocycles. The molecule has 2 atom stereocenters. The molecule has 2 aliphatic heterocycles. The molecule has 2 aliphatic rings. The first-order valence-electron chi connectivity index (χ1n) is 14.7. The lowest BCUT2D eigenvalue weighted by atomic mass is 9.92. The van der Waals surface area contributed by atoms with Crippen LogP contribution in [0.1, 0.15) is 63.3 Å². The number of likely N-dealkylation sites (tertiary alicyclic amines) is 1. The summed E-state index contributed by atoms with van der Waals surface area (Å²) < 4.78 is 67.1. The van der Waals surface area contributed by atoms with Gasteiger partial charge in [0.2, 0.25) is 0 Å².